The number of anilines is 3. The van der Waals surface area contributed by atoms with Crippen molar-refractivity contribution < 1.29 is 0 Å². The second kappa shape index (κ2) is 10.9. The van der Waals surface area contributed by atoms with E-state index in [4.69, 9.17) is 0 Å². The van der Waals surface area contributed by atoms with Gasteiger partial charge in [0.2, 0.25) is 0 Å². The highest BCUT2D eigenvalue weighted by atomic mass is 15.1. The van der Waals surface area contributed by atoms with E-state index in [1.807, 2.05) is 0 Å². The summed E-state index contributed by atoms with van der Waals surface area (Å²) in [7, 11) is 0. The predicted octanol–water partition coefficient (Wildman–Crippen LogP) is 13.7. The minimum atomic E-state index is -0.0864. The number of hydrogen-bond acceptors (Lipinski definition) is 1. The summed E-state index contributed by atoms with van der Waals surface area (Å²) in [6, 6.07) is 64.9. The molecule has 0 radical (unpaired) electrons. The minimum Gasteiger partial charge on any atom is -0.310 e. The third-order valence-corrected chi connectivity index (χ3v) is 11.0. The van der Waals surface area contributed by atoms with E-state index >= 15 is 0 Å². The van der Waals surface area contributed by atoms with Crippen LogP contribution in [0.1, 0.15) is 25.0 Å². The Hall–Kier alpha value is -6.18. The van der Waals surface area contributed by atoms with Gasteiger partial charge in [-0.25, -0.2) is 0 Å². The molecule has 236 valence electrons. The molecule has 1 aliphatic rings. The molecule has 0 bridgehead atoms. The van der Waals surface area contributed by atoms with Crippen molar-refractivity contribution >= 4 is 60.2 Å². The van der Waals surface area contributed by atoms with Crippen LogP contribution in [0.3, 0.4) is 0 Å². The van der Waals surface area contributed by atoms with Crippen molar-refractivity contribution in [3.63, 3.8) is 0 Å². The summed E-state index contributed by atoms with van der Waals surface area (Å²) in [4.78, 5) is 2.47. The lowest BCUT2D eigenvalue weighted by Gasteiger charge is -2.29. The molecule has 1 heteroatoms. The summed E-state index contributed by atoms with van der Waals surface area (Å²) in [5.74, 6) is 0. The Morgan fingerprint density at radius 3 is 1.76 bits per heavy atom. The minimum absolute atomic E-state index is 0.0864. The second-order valence-electron chi connectivity index (χ2n) is 14.1. The molecule has 0 heterocycles. The highest BCUT2D eigenvalue weighted by Gasteiger charge is 2.37. The molecule has 0 spiro atoms. The topological polar surface area (TPSA) is 3.24 Å². The largest absolute Gasteiger partial charge is 0.310 e. The summed E-state index contributed by atoms with van der Waals surface area (Å²) in [6.07, 6.45) is 0. The predicted molar refractivity (Wildman–Crippen MR) is 214 cm³/mol. The smallest absolute Gasteiger partial charge is 0.0543 e. The van der Waals surface area contributed by atoms with Crippen molar-refractivity contribution in [2.45, 2.75) is 19.3 Å². The van der Waals surface area contributed by atoms with E-state index in [0.717, 1.165) is 11.4 Å². The van der Waals surface area contributed by atoms with Crippen LogP contribution in [0.5, 0.6) is 0 Å². The number of hydrogen-bond donors (Lipinski definition) is 0. The first-order valence-electron chi connectivity index (χ1n) is 17.5. The summed E-state index contributed by atoms with van der Waals surface area (Å²) in [5.41, 5.74) is 11.2. The normalized spacial score (nSPS) is 13.2. The maximum Gasteiger partial charge on any atom is 0.0543 e. The van der Waals surface area contributed by atoms with Gasteiger partial charge >= 0.3 is 0 Å². The monoisotopic (exact) mass is 637 g/mol. The fourth-order valence-electron chi connectivity index (χ4n) is 8.56. The van der Waals surface area contributed by atoms with Crippen LogP contribution < -0.4 is 4.90 Å². The van der Waals surface area contributed by atoms with Gasteiger partial charge in [-0.2, -0.15) is 0 Å². The molecular weight excluding hydrogens is 603 g/mol. The van der Waals surface area contributed by atoms with Gasteiger partial charge in [0.25, 0.3) is 0 Å². The highest BCUT2D eigenvalue weighted by molar-refractivity contribution is 6.27. The third kappa shape index (κ3) is 4.27. The van der Waals surface area contributed by atoms with Crippen LogP contribution in [-0.4, -0.2) is 0 Å². The average Bonchev–Trinajstić information content (AvgIpc) is 3.41. The van der Waals surface area contributed by atoms with Crippen molar-refractivity contribution in [1.29, 1.82) is 0 Å². The van der Waals surface area contributed by atoms with Gasteiger partial charge in [0.1, 0.15) is 0 Å². The molecular formula is C49H35N. The van der Waals surface area contributed by atoms with Crippen LogP contribution in [0.4, 0.5) is 17.1 Å². The van der Waals surface area contributed by atoms with Crippen LogP contribution in [0, 0.1) is 0 Å². The van der Waals surface area contributed by atoms with Crippen LogP contribution in [0.2, 0.25) is 0 Å². The zero-order valence-corrected chi connectivity index (χ0v) is 28.2. The Kier molecular flexibility index (Phi) is 6.29. The highest BCUT2D eigenvalue weighted by Crippen LogP contribution is 2.54. The molecule has 9 aromatic carbocycles. The molecule has 0 amide bonds. The maximum absolute atomic E-state index is 2.47. The lowest BCUT2D eigenvalue weighted by atomic mass is 9.82. The molecule has 50 heavy (non-hydrogen) atoms. The molecule has 0 aliphatic heterocycles. The van der Waals surface area contributed by atoms with E-state index in [1.165, 1.54) is 82.2 Å². The molecule has 0 atom stereocenters. The van der Waals surface area contributed by atoms with Gasteiger partial charge in [-0.1, -0.05) is 159 Å². The summed E-state index contributed by atoms with van der Waals surface area (Å²) < 4.78 is 0. The summed E-state index contributed by atoms with van der Waals surface area (Å²) in [5, 5.41) is 10.3. The lowest BCUT2D eigenvalue weighted by Crippen LogP contribution is -2.16. The molecule has 0 saturated heterocycles. The van der Waals surface area contributed by atoms with E-state index in [2.05, 4.69) is 195 Å². The van der Waals surface area contributed by atoms with Gasteiger partial charge in [-0.05, 0) is 101 Å². The van der Waals surface area contributed by atoms with Gasteiger partial charge < -0.3 is 4.90 Å². The van der Waals surface area contributed by atoms with Crippen LogP contribution in [0.15, 0.2) is 176 Å². The van der Waals surface area contributed by atoms with Crippen molar-refractivity contribution in [2.75, 3.05) is 4.90 Å². The van der Waals surface area contributed by atoms with Gasteiger partial charge in [0.15, 0.2) is 0 Å². The zero-order chi connectivity index (χ0) is 33.4. The van der Waals surface area contributed by atoms with Crippen molar-refractivity contribution in [1.82, 2.24) is 0 Å². The van der Waals surface area contributed by atoms with E-state index in [9.17, 15) is 0 Å². The van der Waals surface area contributed by atoms with Crippen molar-refractivity contribution in [3.05, 3.63) is 187 Å². The number of rotatable bonds is 4. The van der Waals surface area contributed by atoms with Gasteiger partial charge in [0.05, 0.1) is 5.69 Å². The van der Waals surface area contributed by atoms with E-state index in [1.54, 1.807) is 0 Å². The first-order valence-corrected chi connectivity index (χ1v) is 17.5. The van der Waals surface area contributed by atoms with Crippen molar-refractivity contribution in [2.24, 2.45) is 0 Å². The Labute approximate surface area is 292 Å². The molecule has 1 nitrogen and oxygen atoms in total. The fraction of sp³-hybridized carbons (Fsp3) is 0.0612. The molecule has 10 rings (SSSR count). The maximum atomic E-state index is 2.47. The molecule has 0 N–H and O–H groups in total. The SMILES string of the molecule is CC1(C)c2ccccc2-c2c(N(c3ccc(-c4ccccc4)cc3)c3ccc4c(ccc5ccc6ccc7ccccc7c6c54)c3)cccc21. The molecule has 0 unspecified atom stereocenters. The fourth-order valence-corrected chi connectivity index (χ4v) is 8.56. The Morgan fingerprint density at radius 1 is 0.400 bits per heavy atom. The first kappa shape index (κ1) is 28.8. The average molecular weight is 638 g/mol. The summed E-state index contributed by atoms with van der Waals surface area (Å²) in [6.45, 7) is 4.71. The molecule has 0 saturated carbocycles. The van der Waals surface area contributed by atoms with Crippen LogP contribution in [-0.2, 0) is 5.41 Å². The van der Waals surface area contributed by atoms with E-state index in [0.29, 0.717) is 0 Å². The zero-order valence-electron chi connectivity index (χ0n) is 28.2. The second-order valence-corrected chi connectivity index (χ2v) is 14.1. The standard InChI is InChI=1S/C49H35N/c1-49(2)43-16-9-8-15-42(43)48-44(49)17-10-18-45(48)50(38-27-25-33(26-28-38)32-11-4-3-5-12-32)39-29-30-41-37(31-39)24-23-36-22-21-35-20-19-34-13-6-7-14-40(34)46(35)47(36)41/h3-31H,1-2H3. The van der Waals surface area contributed by atoms with Crippen LogP contribution in [0.25, 0.3) is 65.3 Å². The lowest BCUT2D eigenvalue weighted by molar-refractivity contribution is 0.660. The number of benzene rings is 9. The van der Waals surface area contributed by atoms with Gasteiger partial charge in [0, 0.05) is 22.4 Å². The first-order chi connectivity index (χ1) is 24.6. The van der Waals surface area contributed by atoms with E-state index < -0.39 is 0 Å². The van der Waals surface area contributed by atoms with Gasteiger partial charge in [-0.3, -0.25) is 0 Å². The Bertz CT molecular complexity index is 2770. The quantitative estimate of drug-likeness (QED) is 0.174. The third-order valence-electron chi connectivity index (χ3n) is 11.0. The van der Waals surface area contributed by atoms with Crippen molar-refractivity contribution in [3.8, 4) is 22.3 Å². The van der Waals surface area contributed by atoms with E-state index in [-0.39, 0.29) is 5.41 Å². The molecule has 0 aromatic heterocycles. The van der Waals surface area contributed by atoms with Crippen LogP contribution >= 0.6 is 0 Å². The molecule has 0 fully saturated rings. The molecule has 9 aromatic rings. The number of fused-ring (bicyclic) bond motifs is 10. The Morgan fingerprint density at radius 2 is 0.980 bits per heavy atom. The Balaban J connectivity index is 1.22. The molecule has 1 aliphatic carbocycles. The number of nitrogens with zero attached hydrogens (tertiary/aromatic N) is 1. The van der Waals surface area contributed by atoms with Gasteiger partial charge in [-0.15, -0.1) is 0 Å². The summed E-state index contributed by atoms with van der Waals surface area (Å²) >= 11 is 0.